The van der Waals surface area contributed by atoms with Gasteiger partial charge in [0.2, 0.25) is 0 Å². The highest BCUT2D eigenvalue weighted by Crippen LogP contribution is 2.68. The highest BCUT2D eigenvalue weighted by Gasteiger charge is 2.60. The van der Waals surface area contributed by atoms with Gasteiger partial charge in [0.1, 0.15) is 11.1 Å². The summed E-state index contributed by atoms with van der Waals surface area (Å²) in [5.74, 6) is 4.19. The molecule has 4 saturated carbocycles. The molecule has 0 bridgehead atoms. The minimum absolute atomic E-state index is 0.214. The molecule has 278 valence electrons. The second kappa shape index (κ2) is 15.3. The maximum absolute atomic E-state index is 12.9. The van der Waals surface area contributed by atoms with Crippen LogP contribution < -0.4 is 9.47 Å². The SMILES string of the molecule is COC(=O)c1cc(C(=CCC[C@@H](C)[C@H]2CC[C@H]3[C@@H]4CC[C@@H]5CCCC[C@]5(C)[C@H]4CC[C@]23C)c2cc(Cl)c(OC)c(C(=O)OC)c2)cc(Cl)c1OC. The van der Waals surface area contributed by atoms with Gasteiger partial charge in [-0.3, -0.25) is 0 Å². The van der Waals surface area contributed by atoms with Crippen LogP contribution in [0.2, 0.25) is 10.0 Å². The highest BCUT2D eigenvalue weighted by molar-refractivity contribution is 6.33. The Hall–Kier alpha value is -2.70. The van der Waals surface area contributed by atoms with E-state index < -0.39 is 11.9 Å². The van der Waals surface area contributed by atoms with Crippen molar-refractivity contribution in [1.82, 2.24) is 0 Å². The van der Waals surface area contributed by atoms with Crippen LogP contribution >= 0.6 is 23.2 Å². The number of hydrogen-bond donors (Lipinski definition) is 0. The maximum Gasteiger partial charge on any atom is 0.341 e. The van der Waals surface area contributed by atoms with Gasteiger partial charge in [0.25, 0.3) is 0 Å². The fourth-order valence-corrected chi connectivity index (χ4v) is 12.4. The molecule has 2 aromatic rings. The molecule has 4 aliphatic rings. The Kier molecular flexibility index (Phi) is 11.4. The summed E-state index contributed by atoms with van der Waals surface area (Å²) in [5, 5.41) is 0.554. The zero-order valence-corrected chi connectivity index (χ0v) is 33.1. The van der Waals surface area contributed by atoms with E-state index in [0.717, 1.165) is 42.1 Å². The molecule has 0 N–H and O–H groups in total. The predicted octanol–water partition coefficient (Wildman–Crippen LogP) is 11.5. The first-order chi connectivity index (χ1) is 24.4. The normalized spacial score (nSPS) is 30.3. The Morgan fingerprint density at radius 2 is 1.35 bits per heavy atom. The average molecular weight is 740 g/mol. The number of esters is 2. The molecule has 0 aromatic heterocycles. The van der Waals surface area contributed by atoms with Gasteiger partial charge in [-0.2, -0.15) is 0 Å². The number of halogens is 2. The van der Waals surface area contributed by atoms with Crippen molar-refractivity contribution in [2.45, 2.75) is 97.8 Å². The summed E-state index contributed by atoms with van der Waals surface area (Å²) >= 11 is 13.4. The highest BCUT2D eigenvalue weighted by atomic mass is 35.5. The van der Waals surface area contributed by atoms with Crippen molar-refractivity contribution in [1.29, 1.82) is 0 Å². The minimum atomic E-state index is -0.559. The van der Waals surface area contributed by atoms with E-state index in [-0.39, 0.29) is 32.7 Å². The van der Waals surface area contributed by atoms with Gasteiger partial charge in [0.05, 0.1) is 38.5 Å². The van der Waals surface area contributed by atoms with Crippen molar-refractivity contribution in [3.8, 4) is 11.5 Å². The van der Waals surface area contributed by atoms with E-state index in [1.807, 2.05) is 0 Å². The molecule has 6 nitrogen and oxygen atoms in total. The number of allylic oxidation sites excluding steroid dienone is 1. The van der Waals surface area contributed by atoms with Crippen LogP contribution in [0.15, 0.2) is 30.3 Å². The molecule has 0 amide bonds. The van der Waals surface area contributed by atoms with E-state index in [4.69, 9.17) is 42.1 Å². The predicted molar refractivity (Wildman–Crippen MR) is 204 cm³/mol. The van der Waals surface area contributed by atoms with Gasteiger partial charge in [-0.15, -0.1) is 0 Å². The summed E-state index contributed by atoms with van der Waals surface area (Å²) in [4.78, 5) is 25.7. The van der Waals surface area contributed by atoms with Crippen LogP contribution in [0.1, 0.15) is 130 Å². The Bertz CT molecular complexity index is 1590. The lowest BCUT2D eigenvalue weighted by Gasteiger charge is -2.61. The Morgan fingerprint density at radius 3 is 1.92 bits per heavy atom. The van der Waals surface area contributed by atoms with E-state index in [1.54, 1.807) is 24.3 Å². The molecule has 0 aliphatic heterocycles. The number of carbonyl (C=O) groups excluding carboxylic acids is 2. The summed E-state index contributed by atoms with van der Waals surface area (Å²) < 4.78 is 21.1. The van der Waals surface area contributed by atoms with Gasteiger partial charge in [-0.1, -0.05) is 62.9 Å². The number of ether oxygens (including phenoxy) is 4. The molecule has 2 aromatic carbocycles. The van der Waals surface area contributed by atoms with E-state index in [2.05, 4.69) is 26.8 Å². The van der Waals surface area contributed by atoms with Gasteiger partial charge >= 0.3 is 11.9 Å². The topological polar surface area (TPSA) is 71.1 Å². The molecule has 6 rings (SSSR count). The molecular weight excluding hydrogens is 683 g/mol. The number of fused-ring (bicyclic) bond motifs is 5. The molecule has 0 heterocycles. The second-order valence-electron chi connectivity index (χ2n) is 16.4. The first kappa shape index (κ1) is 38.0. The van der Waals surface area contributed by atoms with Crippen LogP contribution in [0.25, 0.3) is 5.57 Å². The Labute approximate surface area is 314 Å². The van der Waals surface area contributed by atoms with E-state index >= 15 is 0 Å². The van der Waals surface area contributed by atoms with E-state index in [1.165, 1.54) is 92.6 Å². The molecule has 0 unspecified atom stereocenters. The van der Waals surface area contributed by atoms with Crippen molar-refractivity contribution in [2.24, 2.45) is 46.3 Å². The monoisotopic (exact) mass is 738 g/mol. The van der Waals surface area contributed by atoms with Gasteiger partial charge in [0, 0.05) is 0 Å². The third-order valence-corrected chi connectivity index (χ3v) is 14.8. The van der Waals surface area contributed by atoms with Crippen LogP contribution in [0.3, 0.4) is 0 Å². The van der Waals surface area contributed by atoms with Crippen molar-refractivity contribution in [3.05, 3.63) is 62.6 Å². The van der Waals surface area contributed by atoms with Crippen molar-refractivity contribution in [2.75, 3.05) is 28.4 Å². The van der Waals surface area contributed by atoms with Crippen molar-refractivity contribution >= 4 is 40.7 Å². The third-order valence-electron chi connectivity index (χ3n) is 14.2. The largest absolute Gasteiger partial charge is 0.494 e. The lowest BCUT2D eigenvalue weighted by Crippen LogP contribution is -2.53. The molecule has 51 heavy (non-hydrogen) atoms. The zero-order valence-electron chi connectivity index (χ0n) is 31.5. The first-order valence-corrected chi connectivity index (χ1v) is 19.8. The molecular formula is C43H56Cl2O6. The third kappa shape index (κ3) is 6.82. The van der Waals surface area contributed by atoms with E-state index in [9.17, 15) is 9.59 Å². The maximum atomic E-state index is 12.9. The van der Waals surface area contributed by atoms with Crippen molar-refractivity contribution < 1.29 is 28.5 Å². The smallest absolute Gasteiger partial charge is 0.341 e. The summed E-state index contributed by atoms with van der Waals surface area (Å²) in [7, 11) is 5.60. The molecule has 4 fully saturated rings. The van der Waals surface area contributed by atoms with Crippen LogP contribution in [0.5, 0.6) is 11.5 Å². The quantitative estimate of drug-likeness (QED) is 0.226. The first-order valence-electron chi connectivity index (χ1n) is 19.0. The molecule has 0 saturated heterocycles. The number of methoxy groups -OCH3 is 4. The van der Waals surface area contributed by atoms with Crippen molar-refractivity contribution in [3.63, 3.8) is 0 Å². The summed E-state index contributed by atoms with van der Waals surface area (Å²) in [6, 6.07) is 7.01. The van der Waals surface area contributed by atoms with Crippen LogP contribution in [-0.2, 0) is 9.47 Å². The van der Waals surface area contributed by atoms with Gasteiger partial charge in [-0.25, -0.2) is 9.59 Å². The minimum Gasteiger partial charge on any atom is -0.494 e. The van der Waals surface area contributed by atoms with Gasteiger partial charge < -0.3 is 18.9 Å². The standard InChI is InChI=1S/C43H56Cl2O6/c1-25(33-16-17-34-30-15-14-28-12-8-9-19-42(28,2)35(30)18-20-43(33,34)3)11-10-13-29(26-21-31(40(46)50-6)38(48-4)36(44)23-26)27-22-32(41(47)51-7)39(49-5)37(45)24-27/h13,21-25,28,30,33-35H,8-12,14-20H2,1-7H3/t25-,28+,30+,33-,34+,35+,42+,43-/m1/s1. The molecule has 0 spiro atoms. The number of benzene rings is 2. The second-order valence-corrected chi connectivity index (χ2v) is 17.2. The number of hydrogen-bond acceptors (Lipinski definition) is 6. The fraction of sp³-hybridized carbons (Fsp3) is 0.628. The molecule has 4 aliphatic carbocycles. The summed E-state index contributed by atoms with van der Waals surface area (Å²) in [6.07, 6.45) is 18.1. The Balaban J connectivity index is 1.30. The fourth-order valence-electron chi connectivity index (χ4n) is 11.8. The number of carbonyl (C=O) groups is 2. The number of rotatable bonds is 10. The molecule has 8 heteroatoms. The molecule has 0 radical (unpaired) electrons. The Morgan fingerprint density at radius 1 is 0.765 bits per heavy atom. The molecule has 8 atom stereocenters. The van der Waals surface area contributed by atoms with Crippen LogP contribution in [0.4, 0.5) is 0 Å². The van der Waals surface area contributed by atoms with E-state index in [0.29, 0.717) is 33.8 Å². The van der Waals surface area contributed by atoms with Gasteiger partial charge in [-0.05, 0) is 152 Å². The zero-order chi connectivity index (χ0) is 36.7. The average Bonchev–Trinajstić information content (AvgIpc) is 3.49. The van der Waals surface area contributed by atoms with Crippen LogP contribution in [-0.4, -0.2) is 40.4 Å². The lowest BCUT2D eigenvalue weighted by molar-refractivity contribution is -0.114. The summed E-state index contributed by atoms with van der Waals surface area (Å²) in [6.45, 7) is 7.76. The van der Waals surface area contributed by atoms with Gasteiger partial charge in [0.15, 0.2) is 11.5 Å². The summed E-state index contributed by atoms with van der Waals surface area (Å²) in [5.41, 5.74) is 3.54. The van der Waals surface area contributed by atoms with Crippen LogP contribution in [0, 0.1) is 46.3 Å². The lowest BCUT2D eigenvalue weighted by atomic mass is 9.44.